The molecule has 1 saturated carbocycles. The Balaban J connectivity index is 1.84. The first kappa shape index (κ1) is 16.0. The predicted octanol–water partition coefficient (Wildman–Crippen LogP) is 3.02. The molecule has 1 spiro atoms. The highest BCUT2D eigenvalue weighted by molar-refractivity contribution is 6.00. The van der Waals surface area contributed by atoms with E-state index in [9.17, 15) is 9.90 Å². The fourth-order valence-electron chi connectivity index (χ4n) is 4.22. The Morgan fingerprint density at radius 3 is 2.79 bits per heavy atom. The number of hydrogen-bond donors (Lipinski definition) is 1. The van der Waals surface area contributed by atoms with E-state index in [4.69, 9.17) is 14.5 Å². The third-order valence-electron chi connectivity index (χ3n) is 5.48. The zero-order chi connectivity index (χ0) is 16.8. The maximum Gasteiger partial charge on any atom is 0.202 e. The van der Waals surface area contributed by atoms with E-state index in [1.807, 2.05) is 31.2 Å². The van der Waals surface area contributed by atoms with E-state index in [0.717, 1.165) is 36.8 Å². The Morgan fingerprint density at radius 1 is 1.29 bits per heavy atom. The molecule has 0 radical (unpaired) electrons. The summed E-state index contributed by atoms with van der Waals surface area (Å²) in [6.45, 7) is 1.78. The average Bonchev–Trinajstić information content (AvgIpc) is 3.03. The van der Waals surface area contributed by atoms with Gasteiger partial charge in [-0.2, -0.15) is 4.89 Å². The van der Waals surface area contributed by atoms with Crippen LogP contribution in [0, 0.1) is 0 Å². The molecule has 0 bridgehead atoms. The first-order valence-corrected chi connectivity index (χ1v) is 8.57. The molecule has 0 aromatic heterocycles. The minimum absolute atomic E-state index is 0.0571. The molecule has 24 heavy (non-hydrogen) atoms. The van der Waals surface area contributed by atoms with E-state index >= 15 is 0 Å². The van der Waals surface area contributed by atoms with Crippen molar-refractivity contribution in [3.8, 4) is 0 Å². The molecule has 1 N–H and O–H groups in total. The zero-order valence-electron chi connectivity index (χ0n) is 13.8. The topological polar surface area (TPSA) is 65.0 Å². The maximum absolute atomic E-state index is 12.6. The van der Waals surface area contributed by atoms with Gasteiger partial charge in [0.25, 0.3) is 0 Å². The fraction of sp³-hybridized carbons (Fsp3) is 0.526. The van der Waals surface area contributed by atoms with Gasteiger partial charge in [-0.3, -0.25) is 4.79 Å². The van der Waals surface area contributed by atoms with Crippen molar-refractivity contribution in [1.82, 2.24) is 0 Å². The number of Topliss-reactive ketones (excluding diaryl/α,β-unsaturated/α-hetero) is 1. The van der Waals surface area contributed by atoms with Gasteiger partial charge in [0.15, 0.2) is 11.4 Å². The molecule has 5 heteroatoms. The second-order valence-corrected chi connectivity index (χ2v) is 6.87. The summed E-state index contributed by atoms with van der Waals surface area (Å²) in [4.78, 5) is 24.5. The SMILES string of the molecule is C/C(=C/CO)C12OOC3(CCCC3)OC1CC(=O)c1ccccc12. The fourth-order valence-corrected chi connectivity index (χ4v) is 4.22. The highest BCUT2D eigenvalue weighted by Gasteiger charge is 2.59. The summed E-state index contributed by atoms with van der Waals surface area (Å²) < 4.78 is 6.35. The van der Waals surface area contributed by atoms with Gasteiger partial charge >= 0.3 is 0 Å². The lowest BCUT2D eigenvalue weighted by atomic mass is 9.72. The number of fused-ring (bicyclic) bond motifs is 3. The van der Waals surface area contributed by atoms with Crippen LogP contribution < -0.4 is 0 Å². The number of hydrogen-bond acceptors (Lipinski definition) is 5. The van der Waals surface area contributed by atoms with Crippen LogP contribution in [0.2, 0.25) is 0 Å². The Bertz CT molecular complexity index is 689. The standard InChI is InChI=1S/C19H22O5/c1-13(8-11-20)19-15-7-3-2-6-14(15)16(21)12-17(19)22-18(23-24-19)9-4-5-10-18/h2-3,6-8,17,20H,4-5,9-12H2,1H3/b13-8-. The summed E-state index contributed by atoms with van der Waals surface area (Å²) in [5.74, 6) is -0.679. The summed E-state index contributed by atoms with van der Waals surface area (Å²) in [6.07, 6.45) is 5.10. The van der Waals surface area contributed by atoms with Gasteiger partial charge in [0, 0.05) is 30.4 Å². The van der Waals surface area contributed by atoms with Crippen LogP contribution in [-0.4, -0.2) is 29.4 Å². The average molecular weight is 330 g/mol. The van der Waals surface area contributed by atoms with Gasteiger partial charge in [0.05, 0.1) is 6.61 Å². The molecule has 2 aliphatic carbocycles. The summed E-state index contributed by atoms with van der Waals surface area (Å²) >= 11 is 0. The van der Waals surface area contributed by atoms with Crippen LogP contribution in [0.5, 0.6) is 0 Å². The number of aliphatic hydroxyl groups excluding tert-OH is 1. The molecule has 4 rings (SSSR count). The molecule has 0 amide bonds. The Morgan fingerprint density at radius 2 is 2.04 bits per heavy atom. The van der Waals surface area contributed by atoms with Crippen molar-refractivity contribution in [2.75, 3.05) is 6.61 Å². The van der Waals surface area contributed by atoms with Crippen molar-refractivity contribution < 1.29 is 24.4 Å². The number of ether oxygens (including phenoxy) is 1. The van der Waals surface area contributed by atoms with E-state index < -0.39 is 17.5 Å². The highest BCUT2D eigenvalue weighted by atomic mass is 17.2. The molecule has 1 aromatic carbocycles. The van der Waals surface area contributed by atoms with Gasteiger partial charge in [0.2, 0.25) is 5.79 Å². The molecule has 1 heterocycles. The summed E-state index contributed by atoms with van der Waals surface area (Å²) in [7, 11) is 0. The highest BCUT2D eigenvalue weighted by Crippen LogP contribution is 2.52. The van der Waals surface area contributed by atoms with E-state index in [1.54, 1.807) is 6.08 Å². The largest absolute Gasteiger partial charge is 0.392 e. The summed E-state index contributed by atoms with van der Waals surface area (Å²) in [5.41, 5.74) is 1.19. The second kappa shape index (κ2) is 5.77. The molecular formula is C19H22O5. The number of carbonyl (C=O) groups is 1. The van der Waals surface area contributed by atoms with Gasteiger partial charge in [-0.25, -0.2) is 4.89 Å². The smallest absolute Gasteiger partial charge is 0.202 e. The lowest BCUT2D eigenvalue weighted by Crippen LogP contribution is -2.58. The number of aliphatic hydroxyl groups is 1. The number of benzene rings is 1. The molecule has 1 aromatic rings. The third kappa shape index (κ3) is 2.19. The molecule has 1 saturated heterocycles. The van der Waals surface area contributed by atoms with Gasteiger partial charge < -0.3 is 9.84 Å². The minimum Gasteiger partial charge on any atom is -0.392 e. The third-order valence-corrected chi connectivity index (χ3v) is 5.48. The Kier molecular flexibility index (Phi) is 3.84. The van der Waals surface area contributed by atoms with Gasteiger partial charge in [-0.1, -0.05) is 30.3 Å². The van der Waals surface area contributed by atoms with Crippen molar-refractivity contribution in [1.29, 1.82) is 0 Å². The van der Waals surface area contributed by atoms with Crippen LogP contribution in [0.3, 0.4) is 0 Å². The zero-order valence-corrected chi connectivity index (χ0v) is 13.8. The van der Waals surface area contributed by atoms with Crippen molar-refractivity contribution >= 4 is 5.78 Å². The Labute approximate surface area is 141 Å². The molecule has 1 aliphatic heterocycles. The normalized spacial score (nSPS) is 31.8. The number of carbonyl (C=O) groups excluding carboxylic acids is 1. The van der Waals surface area contributed by atoms with Crippen molar-refractivity contribution in [2.45, 2.75) is 56.5 Å². The molecule has 2 unspecified atom stereocenters. The van der Waals surface area contributed by atoms with Crippen LogP contribution in [0.1, 0.15) is 54.9 Å². The maximum atomic E-state index is 12.6. The molecule has 2 fully saturated rings. The van der Waals surface area contributed by atoms with E-state index in [2.05, 4.69) is 0 Å². The second-order valence-electron chi connectivity index (χ2n) is 6.87. The van der Waals surface area contributed by atoms with Crippen molar-refractivity contribution in [3.63, 3.8) is 0 Å². The first-order chi connectivity index (χ1) is 11.6. The van der Waals surface area contributed by atoms with Crippen molar-refractivity contribution in [3.05, 3.63) is 47.0 Å². The Hall–Kier alpha value is -1.53. The summed E-state index contributed by atoms with van der Waals surface area (Å²) in [5, 5.41) is 9.38. The van der Waals surface area contributed by atoms with E-state index in [0.29, 0.717) is 5.56 Å². The van der Waals surface area contributed by atoms with E-state index in [-0.39, 0.29) is 18.8 Å². The quantitative estimate of drug-likeness (QED) is 0.667. The first-order valence-electron chi connectivity index (χ1n) is 8.57. The summed E-state index contributed by atoms with van der Waals surface area (Å²) in [6, 6.07) is 7.42. The number of rotatable bonds is 2. The van der Waals surface area contributed by atoms with Crippen LogP contribution in [0.4, 0.5) is 0 Å². The molecule has 3 aliphatic rings. The minimum atomic E-state index is -0.985. The lowest BCUT2D eigenvalue weighted by Gasteiger charge is -2.51. The lowest BCUT2D eigenvalue weighted by molar-refractivity contribution is -0.525. The molecule has 5 nitrogen and oxygen atoms in total. The van der Waals surface area contributed by atoms with Crippen LogP contribution in [0.15, 0.2) is 35.9 Å². The van der Waals surface area contributed by atoms with Crippen LogP contribution >= 0.6 is 0 Å². The molecule has 128 valence electrons. The van der Waals surface area contributed by atoms with E-state index in [1.165, 1.54) is 0 Å². The van der Waals surface area contributed by atoms with Crippen LogP contribution in [-0.2, 0) is 20.1 Å². The van der Waals surface area contributed by atoms with Crippen LogP contribution in [0.25, 0.3) is 0 Å². The molecule has 2 atom stereocenters. The van der Waals surface area contributed by atoms with Gasteiger partial charge in [0.1, 0.15) is 6.10 Å². The monoisotopic (exact) mass is 330 g/mol. The van der Waals surface area contributed by atoms with Crippen molar-refractivity contribution in [2.24, 2.45) is 0 Å². The number of ketones is 1. The predicted molar refractivity (Wildman–Crippen MR) is 86.2 cm³/mol. The van der Waals surface area contributed by atoms with Gasteiger partial charge in [-0.15, -0.1) is 0 Å². The van der Waals surface area contributed by atoms with Gasteiger partial charge in [-0.05, 0) is 25.3 Å². The molecular weight excluding hydrogens is 308 g/mol.